The molecular weight excluding hydrogens is 346 g/mol. The Morgan fingerprint density at radius 3 is 2.71 bits per heavy atom. The molecule has 28 heavy (non-hydrogen) atoms. The van der Waals surface area contributed by atoms with E-state index in [1.165, 1.54) is 30.6 Å². The summed E-state index contributed by atoms with van der Waals surface area (Å²) in [5, 5.41) is 0. The number of rotatable bonds is 8. The van der Waals surface area contributed by atoms with E-state index < -0.39 is 0 Å². The van der Waals surface area contributed by atoms with Gasteiger partial charge in [-0.2, -0.15) is 0 Å². The molecule has 3 aromatic rings. The van der Waals surface area contributed by atoms with Gasteiger partial charge in [0, 0.05) is 68.0 Å². The predicted molar refractivity (Wildman–Crippen MR) is 112 cm³/mol. The van der Waals surface area contributed by atoms with Crippen LogP contribution in [0.3, 0.4) is 0 Å². The second-order valence-electron chi connectivity index (χ2n) is 7.53. The first-order valence-corrected chi connectivity index (χ1v) is 10.3. The maximum Gasteiger partial charge on any atom is 0.0483 e. The summed E-state index contributed by atoms with van der Waals surface area (Å²) in [7, 11) is 0. The van der Waals surface area contributed by atoms with Crippen LogP contribution in [0.15, 0.2) is 67.4 Å². The molecule has 0 radical (unpaired) electrons. The van der Waals surface area contributed by atoms with Crippen molar-refractivity contribution in [3.8, 4) is 5.69 Å². The molecule has 1 atom stereocenters. The Morgan fingerprint density at radius 2 is 1.93 bits per heavy atom. The summed E-state index contributed by atoms with van der Waals surface area (Å²) in [5.74, 6) is 0. The van der Waals surface area contributed by atoms with Crippen molar-refractivity contribution in [3.63, 3.8) is 0 Å². The molecule has 146 valence electrons. The molecule has 0 N–H and O–H groups in total. The molecule has 1 fully saturated rings. The smallest absolute Gasteiger partial charge is 0.0483 e. The maximum atomic E-state index is 4.31. The van der Waals surface area contributed by atoms with Crippen molar-refractivity contribution < 1.29 is 0 Å². The molecule has 5 nitrogen and oxygen atoms in total. The highest BCUT2D eigenvalue weighted by atomic mass is 15.2. The van der Waals surface area contributed by atoms with E-state index in [1.54, 1.807) is 0 Å². The highest BCUT2D eigenvalue weighted by molar-refractivity contribution is 5.33. The zero-order chi connectivity index (χ0) is 19.2. The standard InChI is InChI=1S/C23H29N5/c1-2-27-14-4-7-22(27)18-26(17-20-6-3-11-25-16-20)19-23-8-5-15-28(23)21-9-12-24-13-10-21/h3,5-6,8-13,15-16,22H,2,4,7,14,17-19H2,1H3/t22-/m0/s1. The number of aromatic nitrogens is 3. The Bertz CT molecular complexity index is 846. The van der Waals surface area contributed by atoms with Gasteiger partial charge in [-0.05, 0) is 61.8 Å². The minimum Gasteiger partial charge on any atom is -0.319 e. The first kappa shape index (κ1) is 18.8. The Balaban J connectivity index is 1.55. The van der Waals surface area contributed by atoms with Gasteiger partial charge in [0.05, 0.1) is 0 Å². The molecule has 0 amide bonds. The molecule has 0 bridgehead atoms. The molecule has 3 aromatic heterocycles. The van der Waals surface area contributed by atoms with E-state index in [0.717, 1.165) is 31.9 Å². The van der Waals surface area contributed by atoms with Crippen LogP contribution >= 0.6 is 0 Å². The van der Waals surface area contributed by atoms with Crippen LogP contribution in [0.25, 0.3) is 5.69 Å². The van der Waals surface area contributed by atoms with Crippen LogP contribution < -0.4 is 0 Å². The van der Waals surface area contributed by atoms with E-state index in [4.69, 9.17) is 0 Å². The predicted octanol–water partition coefficient (Wildman–Crippen LogP) is 3.75. The van der Waals surface area contributed by atoms with Crippen molar-refractivity contribution in [2.45, 2.75) is 38.9 Å². The van der Waals surface area contributed by atoms with Gasteiger partial charge in [-0.15, -0.1) is 0 Å². The molecule has 0 saturated carbocycles. The monoisotopic (exact) mass is 375 g/mol. The third-order valence-corrected chi connectivity index (χ3v) is 5.66. The Labute approximate surface area is 167 Å². The average molecular weight is 376 g/mol. The van der Waals surface area contributed by atoms with Crippen molar-refractivity contribution in [2.24, 2.45) is 0 Å². The molecule has 1 aliphatic heterocycles. The number of pyridine rings is 2. The van der Waals surface area contributed by atoms with Gasteiger partial charge in [0.25, 0.3) is 0 Å². The number of nitrogens with zero attached hydrogens (tertiary/aromatic N) is 5. The fourth-order valence-corrected chi connectivity index (χ4v) is 4.28. The molecule has 0 aromatic carbocycles. The third-order valence-electron chi connectivity index (χ3n) is 5.66. The molecule has 0 spiro atoms. The molecule has 1 aliphatic rings. The van der Waals surface area contributed by atoms with Gasteiger partial charge < -0.3 is 4.57 Å². The SMILES string of the molecule is CCN1CCC[C@H]1CN(Cc1cccnc1)Cc1cccn1-c1ccncc1. The van der Waals surface area contributed by atoms with Gasteiger partial charge in [0.15, 0.2) is 0 Å². The zero-order valence-corrected chi connectivity index (χ0v) is 16.6. The quantitative estimate of drug-likeness (QED) is 0.601. The lowest BCUT2D eigenvalue weighted by Gasteiger charge is -2.30. The highest BCUT2D eigenvalue weighted by Gasteiger charge is 2.25. The lowest BCUT2D eigenvalue weighted by Crippen LogP contribution is -2.40. The van der Waals surface area contributed by atoms with Crippen molar-refractivity contribution in [3.05, 3.63) is 78.6 Å². The van der Waals surface area contributed by atoms with Gasteiger partial charge in [-0.1, -0.05) is 13.0 Å². The van der Waals surface area contributed by atoms with Crippen molar-refractivity contribution in [2.75, 3.05) is 19.6 Å². The second kappa shape index (κ2) is 9.13. The summed E-state index contributed by atoms with van der Waals surface area (Å²) in [5.41, 5.74) is 3.73. The van der Waals surface area contributed by atoms with Crippen LogP contribution in [0, 0.1) is 0 Å². The molecule has 4 rings (SSSR count). The van der Waals surface area contributed by atoms with Gasteiger partial charge in [-0.25, -0.2) is 0 Å². The van der Waals surface area contributed by atoms with E-state index in [9.17, 15) is 0 Å². The fraction of sp³-hybridized carbons (Fsp3) is 0.391. The van der Waals surface area contributed by atoms with Crippen LogP contribution in [-0.2, 0) is 13.1 Å². The van der Waals surface area contributed by atoms with E-state index in [0.29, 0.717) is 6.04 Å². The Hall–Kier alpha value is -2.50. The summed E-state index contributed by atoms with van der Waals surface area (Å²) in [6.07, 6.45) is 12.3. The highest BCUT2D eigenvalue weighted by Crippen LogP contribution is 2.21. The Kier molecular flexibility index (Phi) is 6.14. The molecule has 5 heteroatoms. The third kappa shape index (κ3) is 4.49. The van der Waals surface area contributed by atoms with Gasteiger partial charge >= 0.3 is 0 Å². The maximum absolute atomic E-state index is 4.31. The van der Waals surface area contributed by atoms with Gasteiger partial charge in [-0.3, -0.25) is 19.8 Å². The van der Waals surface area contributed by atoms with E-state index in [2.05, 4.69) is 67.8 Å². The van der Waals surface area contributed by atoms with Gasteiger partial charge in [0.2, 0.25) is 0 Å². The molecule has 1 saturated heterocycles. The van der Waals surface area contributed by atoms with Crippen molar-refractivity contribution in [1.82, 2.24) is 24.3 Å². The minimum absolute atomic E-state index is 0.644. The van der Waals surface area contributed by atoms with Crippen LogP contribution in [0.2, 0.25) is 0 Å². The lowest BCUT2D eigenvalue weighted by molar-refractivity contribution is 0.164. The normalized spacial score (nSPS) is 17.4. The lowest BCUT2D eigenvalue weighted by atomic mass is 10.1. The summed E-state index contributed by atoms with van der Waals surface area (Å²) >= 11 is 0. The summed E-state index contributed by atoms with van der Waals surface area (Å²) in [6, 6.07) is 13.3. The minimum atomic E-state index is 0.644. The van der Waals surface area contributed by atoms with Crippen molar-refractivity contribution in [1.29, 1.82) is 0 Å². The summed E-state index contributed by atoms with van der Waals surface area (Å²) < 4.78 is 2.27. The largest absolute Gasteiger partial charge is 0.319 e. The summed E-state index contributed by atoms with van der Waals surface area (Å²) in [6.45, 7) is 7.57. The molecule has 4 heterocycles. The van der Waals surface area contributed by atoms with Crippen molar-refractivity contribution >= 4 is 0 Å². The Morgan fingerprint density at radius 1 is 1.04 bits per heavy atom. The topological polar surface area (TPSA) is 37.2 Å². The van der Waals surface area contributed by atoms with E-state index in [-0.39, 0.29) is 0 Å². The number of hydrogen-bond acceptors (Lipinski definition) is 4. The zero-order valence-electron chi connectivity index (χ0n) is 16.6. The molecular formula is C23H29N5. The van der Waals surface area contributed by atoms with E-state index in [1.807, 2.05) is 30.9 Å². The van der Waals surface area contributed by atoms with Crippen LogP contribution in [0.4, 0.5) is 0 Å². The number of likely N-dealkylation sites (tertiary alicyclic amines) is 1. The van der Waals surface area contributed by atoms with Crippen LogP contribution in [0.5, 0.6) is 0 Å². The average Bonchev–Trinajstić information content (AvgIpc) is 3.38. The number of hydrogen-bond donors (Lipinski definition) is 0. The second-order valence-corrected chi connectivity index (χ2v) is 7.53. The van der Waals surface area contributed by atoms with Crippen LogP contribution in [0.1, 0.15) is 31.0 Å². The first-order chi connectivity index (χ1) is 13.8. The fourth-order valence-electron chi connectivity index (χ4n) is 4.28. The number of likely N-dealkylation sites (N-methyl/N-ethyl adjacent to an activating group) is 1. The molecule has 0 aliphatic carbocycles. The molecule has 0 unspecified atom stereocenters. The van der Waals surface area contributed by atoms with Crippen LogP contribution in [-0.4, -0.2) is 50.0 Å². The summed E-state index contributed by atoms with van der Waals surface area (Å²) in [4.78, 5) is 13.7. The van der Waals surface area contributed by atoms with Gasteiger partial charge in [0.1, 0.15) is 0 Å². The van der Waals surface area contributed by atoms with E-state index >= 15 is 0 Å². The first-order valence-electron chi connectivity index (χ1n) is 10.3.